The second kappa shape index (κ2) is 8.56. The van der Waals surface area contributed by atoms with Gasteiger partial charge in [-0.05, 0) is 42.8 Å². The van der Waals surface area contributed by atoms with Gasteiger partial charge in [0.2, 0.25) is 0 Å². The quantitative estimate of drug-likeness (QED) is 0.734. The van der Waals surface area contributed by atoms with E-state index in [2.05, 4.69) is 29.7 Å². The second-order valence-corrected chi connectivity index (χ2v) is 8.05. The van der Waals surface area contributed by atoms with E-state index >= 15 is 0 Å². The van der Waals surface area contributed by atoms with Crippen molar-refractivity contribution in [1.29, 1.82) is 15.8 Å². The standard InChI is InChI=1S/C24H25N5O2/c1-15(2)12-31-20-6-5-16(9-21(20)30-4)22-19-11-29(3)8-7-17(19)18(10-25)23(28)24(22,13-26)14-27/h5-7,9,19,22H,1,8,11-12,28H2,2-4H3/t19-,22+/m1/s1. The molecule has 0 spiro atoms. The number of fused-ring (bicyclic) bond motifs is 1. The maximum Gasteiger partial charge on any atom is 0.191 e. The molecule has 0 aromatic heterocycles. The zero-order chi connectivity index (χ0) is 22.8. The van der Waals surface area contributed by atoms with Crippen LogP contribution in [-0.2, 0) is 0 Å². The van der Waals surface area contributed by atoms with Crippen LogP contribution in [0.5, 0.6) is 11.5 Å². The molecule has 1 aromatic rings. The van der Waals surface area contributed by atoms with E-state index in [4.69, 9.17) is 15.2 Å². The van der Waals surface area contributed by atoms with Crippen LogP contribution in [0.4, 0.5) is 0 Å². The van der Waals surface area contributed by atoms with Gasteiger partial charge < -0.3 is 20.1 Å². The van der Waals surface area contributed by atoms with E-state index in [0.717, 1.165) is 16.7 Å². The van der Waals surface area contributed by atoms with Gasteiger partial charge in [-0.15, -0.1) is 0 Å². The lowest BCUT2D eigenvalue weighted by atomic mass is 9.58. The van der Waals surface area contributed by atoms with Gasteiger partial charge >= 0.3 is 0 Å². The van der Waals surface area contributed by atoms with Crippen LogP contribution < -0.4 is 15.2 Å². The highest BCUT2D eigenvalue weighted by atomic mass is 16.5. The SMILES string of the molecule is C=C(C)COc1ccc([C@H]2[C@@H]3CN(C)CC=C3C(C#N)=C(N)C2(C#N)C#N)cc1OC. The maximum absolute atomic E-state index is 10.1. The zero-order valence-electron chi connectivity index (χ0n) is 18.0. The van der Waals surface area contributed by atoms with Crippen LogP contribution in [0.2, 0.25) is 0 Å². The molecule has 0 fully saturated rings. The van der Waals surface area contributed by atoms with E-state index in [0.29, 0.717) is 31.2 Å². The van der Waals surface area contributed by atoms with Crippen LogP contribution in [-0.4, -0.2) is 38.8 Å². The van der Waals surface area contributed by atoms with Crippen molar-refractivity contribution < 1.29 is 9.47 Å². The molecule has 7 heteroatoms. The molecule has 0 saturated heterocycles. The maximum atomic E-state index is 10.1. The predicted octanol–water partition coefficient (Wildman–Crippen LogP) is 3.01. The summed E-state index contributed by atoms with van der Waals surface area (Å²) < 4.78 is 11.3. The molecule has 31 heavy (non-hydrogen) atoms. The van der Waals surface area contributed by atoms with Gasteiger partial charge in [0, 0.05) is 24.9 Å². The summed E-state index contributed by atoms with van der Waals surface area (Å²) in [5.74, 6) is 0.221. The lowest BCUT2D eigenvalue weighted by Gasteiger charge is -2.45. The fraction of sp³-hybridized carbons (Fsp3) is 0.375. The first-order chi connectivity index (χ1) is 14.8. The number of ether oxygens (including phenoxy) is 2. The second-order valence-electron chi connectivity index (χ2n) is 8.05. The molecule has 158 valence electrons. The Morgan fingerprint density at radius 2 is 2.00 bits per heavy atom. The van der Waals surface area contributed by atoms with E-state index in [1.807, 2.05) is 26.1 Å². The minimum absolute atomic E-state index is 0.0126. The number of likely N-dealkylation sites (N-methyl/N-ethyl adjacent to an activating group) is 1. The Balaban J connectivity index is 2.21. The largest absolute Gasteiger partial charge is 0.493 e. The molecule has 3 rings (SSSR count). The van der Waals surface area contributed by atoms with Crippen molar-refractivity contribution in [3.8, 4) is 29.7 Å². The average molecular weight is 415 g/mol. The molecule has 0 radical (unpaired) electrons. The summed E-state index contributed by atoms with van der Waals surface area (Å²) >= 11 is 0. The van der Waals surface area contributed by atoms with Crippen molar-refractivity contribution in [3.05, 3.63) is 58.8 Å². The minimum atomic E-state index is -1.67. The van der Waals surface area contributed by atoms with E-state index in [-0.39, 0.29) is 17.2 Å². The third-order valence-electron chi connectivity index (χ3n) is 5.87. The summed E-state index contributed by atoms with van der Waals surface area (Å²) in [7, 11) is 3.50. The zero-order valence-corrected chi connectivity index (χ0v) is 18.0. The van der Waals surface area contributed by atoms with Crippen LogP contribution >= 0.6 is 0 Å². The fourth-order valence-corrected chi connectivity index (χ4v) is 4.40. The normalized spacial score (nSPS) is 22.3. The third kappa shape index (κ3) is 3.63. The number of benzene rings is 1. The summed E-state index contributed by atoms with van der Waals surface area (Å²) in [6.45, 7) is 7.32. The topological polar surface area (TPSA) is 119 Å². The van der Waals surface area contributed by atoms with Crippen molar-refractivity contribution in [2.45, 2.75) is 12.8 Å². The van der Waals surface area contributed by atoms with Gasteiger partial charge in [-0.2, -0.15) is 15.8 Å². The van der Waals surface area contributed by atoms with E-state index in [1.165, 1.54) is 7.11 Å². The van der Waals surface area contributed by atoms with Crippen molar-refractivity contribution in [3.63, 3.8) is 0 Å². The highest BCUT2D eigenvalue weighted by molar-refractivity contribution is 5.60. The van der Waals surface area contributed by atoms with Gasteiger partial charge in [0.1, 0.15) is 12.7 Å². The number of hydrogen-bond acceptors (Lipinski definition) is 7. The monoisotopic (exact) mass is 415 g/mol. The summed E-state index contributed by atoms with van der Waals surface area (Å²) in [6, 6.07) is 11.8. The molecular weight excluding hydrogens is 390 g/mol. The Morgan fingerprint density at radius 1 is 1.29 bits per heavy atom. The molecule has 1 heterocycles. The number of hydrogen-bond donors (Lipinski definition) is 1. The Hall–Kier alpha value is -3.73. The van der Waals surface area contributed by atoms with Crippen LogP contribution in [0.15, 0.2) is 53.3 Å². The number of methoxy groups -OCH3 is 1. The average Bonchev–Trinajstić information content (AvgIpc) is 2.77. The van der Waals surface area contributed by atoms with E-state index < -0.39 is 11.3 Å². The van der Waals surface area contributed by atoms with Gasteiger partial charge in [-0.3, -0.25) is 0 Å². The van der Waals surface area contributed by atoms with Gasteiger partial charge in [-0.1, -0.05) is 18.7 Å². The number of allylic oxidation sites excluding steroid dienone is 2. The Kier molecular flexibility index (Phi) is 6.07. The molecule has 2 N–H and O–H groups in total. The number of nitrogens with two attached hydrogens (primary N) is 1. The van der Waals surface area contributed by atoms with E-state index in [1.54, 1.807) is 12.1 Å². The van der Waals surface area contributed by atoms with Crippen LogP contribution in [0.3, 0.4) is 0 Å². The third-order valence-corrected chi connectivity index (χ3v) is 5.87. The highest BCUT2D eigenvalue weighted by Gasteiger charge is 2.54. The molecule has 0 saturated carbocycles. The minimum Gasteiger partial charge on any atom is -0.493 e. The molecule has 2 atom stereocenters. The molecule has 0 unspecified atom stereocenters. The van der Waals surface area contributed by atoms with E-state index in [9.17, 15) is 15.8 Å². The summed E-state index contributed by atoms with van der Waals surface area (Å²) in [4.78, 5) is 2.10. The molecule has 1 aliphatic carbocycles. The van der Waals surface area contributed by atoms with Crippen LogP contribution in [0, 0.1) is 45.3 Å². The Morgan fingerprint density at radius 3 is 2.58 bits per heavy atom. The summed E-state index contributed by atoms with van der Waals surface area (Å²) in [5.41, 5.74) is 7.31. The lowest BCUT2D eigenvalue weighted by Crippen LogP contribution is -2.47. The highest BCUT2D eigenvalue weighted by Crippen LogP contribution is 2.54. The molecular formula is C24H25N5O2. The Bertz CT molecular complexity index is 1080. The van der Waals surface area contributed by atoms with Crippen molar-refractivity contribution in [2.24, 2.45) is 17.1 Å². The first-order valence-corrected chi connectivity index (χ1v) is 9.89. The lowest BCUT2D eigenvalue weighted by molar-refractivity contribution is 0.237. The van der Waals surface area contributed by atoms with Crippen molar-refractivity contribution in [2.75, 3.05) is 33.9 Å². The molecule has 1 aromatic carbocycles. The summed E-state index contributed by atoms with van der Waals surface area (Å²) in [6.07, 6.45) is 1.97. The number of nitriles is 3. The fourth-order valence-electron chi connectivity index (χ4n) is 4.40. The molecule has 2 aliphatic rings. The van der Waals surface area contributed by atoms with Gasteiger partial charge in [-0.25, -0.2) is 0 Å². The molecule has 0 amide bonds. The predicted molar refractivity (Wildman–Crippen MR) is 116 cm³/mol. The number of nitrogens with zero attached hydrogens (tertiary/aromatic N) is 4. The Labute approximate surface area is 182 Å². The van der Waals surface area contributed by atoms with Crippen molar-refractivity contribution >= 4 is 0 Å². The molecule has 1 aliphatic heterocycles. The van der Waals surface area contributed by atoms with Crippen molar-refractivity contribution in [1.82, 2.24) is 4.90 Å². The first-order valence-electron chi connectivity index (χ1n) is 9.89. The molecule has 7 nitrogen and oxygen atoms in total. The first kappa shape index (κ1) is 22.0. The van der Waals surface area contributed by atoms with Gasteiger partial charge in [0.15, 0.2) is 16.9 Å². The van der Waals surface area contributed by atoms with Crippen LogP contribution in [0.25, 0.3) is 0 Å². The molecule has 0 bridgehead atoms. The van der Waals surface area contributed by atoms with Crippen LogP contribution in [0.1, 0.15) is 18.4 Å². The van der Waals surface area contributed by atoms with Gasteiger partial charge in [0.25, 0.3) is 0 Å². The summed E-state index contributed by atoms with van der Waals surface area (Å²) in [5, 5.41) is 30.1. The van der Waals surface area contributed by atoms with Gasteiger partial charge in [0.05, 0.1) is 30.5 Å². The number of rotatable bonds is 5. The smallest absolute Gasteiger partial charge is 0.191 e.